The van der Waals surface area contributed by atoms with Crippen LogP contribution in [0.25, 0.3) is 77.2 Å². The molecule has 0 fully saturated rings. The molecule has 0 radical (unpaired) electrons. The zero-order valence-corrected chi connectivity index (χ0v) is 26.6. The molecule has 1 unspecified atom stereocenters. The molecule has 11 rings (SSSR count). The average molecular weight is 621 g/mol. The molecule has 9 aromatic rings. The minimum atomic E-state index is -0.389. The first-order chi connectivity index (χ1) is 24.3. The Balaban J connectivity index is 1.07. The van der Waals surface area contributed by atoms with Crippen molar-refractivity contribution in [3.63, 3.8) is 0 Å². The lowest BCUT2D eigenvalue weighted by atomic mass is 9.61. The van der Waals surface area contributed by atoms with E-state index in [-0.39, 0.29) is 5.41 Å². The number of fused-ring (bicyclic) bond motifs is 12. The summed E-state index contributed by atoms with van der Waals surface area (Å²) in [5.74, 6) is 0. The van der Waals surface area contributed by atoms with Crippen LogP contribution in [0.2, 0.25) is 0 Å². The smallest absolute Gasteiger partial charge is 0.0972 e. The standard InChI is InChI=1S/C47H28N2/c1-3-14-39-35(11-1)37-13-5-8-31-9-6-16-42(44(31)37)47(39)40-15-4-2-12-36(40)38-28-34(23-25-41(38)47)29-17-19-30(20-18-29)43-26-24-33-22-21-32-10-7-27-48-45(32)46(33)49-43/h1-28H. The summed E-state index contributed by atoms with van der Waals surface area (Å²) in [4.78, 5) is 9.73. The Morgan fingerprint density at radius 1 is 0.367 bits per heavy atom. The summed E-state index contributed by atoms with van der Waals surface area (Å²) in [5.41, 5.74) is 16.6. The predicted octanol–water partition coefficient (Wildman–Crippen LogP) is 11.6. The molecule has 0 N–H and O–H groups in total. The van der Waals surface area contributed by atoms with Gasteiger partial charge in [-0.3, -0.25) is 4.98 Å². The summed E-state index contributed by atoms with van der Waals surface area (Å²) in [6.07, 6.45) is 1.84. The SMILES string of the molecule is c1ccc2c(c1)-c1cc(-c3ccc(-c4ccc5ccc6cccnc6c5n4)cc3)ccc1C21c2ccccc2-c2cccc3cccc1c23. The molecule has 0 saturated heterocycles. The minimum absolute atomic E-state index is 0.389. The first-order valence-electron chi connectivity index (χ1n) is 16.9. The van der Waals surface area contributed by atoms with Crippen LogP contribution in [0.15, 0.2) is 170 Å². The van der Waals surface area contributed by atoms with Crippen molar-refractivity contribution >= 4 is 32.6 Å². The van der Waals surface area contributed by atoms with Crippen molar-refractivity contribution in [1.82, 2.24) is 9.97 Å². The highest BCUT2D eigenvalue weighted by atomic mass is 14.7. The van der Waals surface area contributed by atoms with Crippen molar-refractivity contribution in [3.8, 4) is 44.6 Å². The molecule has 2 aromatic heterocycles. The van der Waals surface area contributed by atoms with Crippen LogP contribution in [-0.2, 0) is 5.41 Å². The Bertz CT molecular complexity index is 2820. The van der Waals surface area contributed by atoms with Gasteiger partial charge in [-0.25, -0.2) is 4.98 Å². The van der Waals surface area contributed by atoms with Crippen LogP contribution in [0, 0.1) is 0 Å². The molecule has 1 spiro atoms. The molecule has 2 aliphatic rings. The van der Waals surface area contributed by atoms with Gasteiger partial charge in [-0.2, -0.15) is 0 Å². The van der Waals surface area contributed by atoms with Gasteiger partial charge < -0.3 is 0 Å². The highest BCUT2D eigenvalue weighted by Crippen LogP contribution is 2.62. The highest BCUT2D eigenvalue weighted by Gasteiger charge is 2.49. The van der Waals surface area contributed by atoms with E-state index in [0.29, 0.717) is 0 Å². The van der Waals surface area contributed by atoms with E-state index < -0.39 is 0 Å². The number of rotatable bonds is 2. The van der Waals surface area contributed by atoms with Crippen molar-refractivity contribution < 1.29 is 0 Å². The molecule has 0 bridgehead atoms. The lowest BCUT2D eigenvalue weighted by molar-refractivity contribution is 0.773. The van der Waals surface area contributed by atoms with Crippen LogP contribution < -0.4 is 0 Å². The normalized spacial score (nSPS) is 15.4. The topological polar surface area (TPSA) is 25.8 Å². The molecule has 2 heterocycles. The van der Waals surface area contributed by atoms with Crippen LogP contribution in [0.4, 0.5) is 0 Å². The van der Waals surface area contributed by atoms with E-state index in [2.05, 4.69) is 163 Å². The second-order valence-electron chi connectivity index (χ2n) is 13.3. The van der Waals surface area contributed by atoms with Crippen LogP contribution in [0.5, 0.6) is 0 Å². The molecule has 226 valence electrons. The van der Waals surface area contributed by atoms with Gasteiger partial charge in [-0.05, 0) is 84.6 Å². The number of hydrogen-bond acceptors (Lipinski definition) is 2. The van der Waals surface area contributed by atoms with E-state index in [9.17, 15) is 0 Å². The van der Waals surface area contributed by atoms with Crippen molar-refractivity contribution in [3.05, 3.63) is 192 Å². The van der Waals surface area contributed by atoms with E-state index in [0.717, 1.165) is 33.1 Å². The van der Waals surface area contributed by atoms with Gasteiger partial charge in [0.15, 0.2) is 0 Å². The molecule has 0 amide bonds. The van der Waals surface area contributed by atoms with Gasteiger partial charge in [0, 0.05) is 22.5 Å². The number of aromatic nitrogens is 2. The number of hydrogen-bond donors (Lipinski definition) is 0. The molecule has 2 nitrogen and oxygen atoms in total. The van der Waals surface area contributed by atoms with Gasteiger partial charge in [-0.1, -0.05) is 146 Å². The summed E-state index contributed by atoms with van der Waals surface area (Å²) >= 11 is 0. The predicted molar refractivity (Wildman–Crippen MR) is 202 cm³/mol. The Hall–Kier alpha value is -6.38. The summed E-state index contributed by atoms with van der Waals surface area (Å²) in [5, 5.41) is 4.85. The second kappa shape index (κ2) is 9.82. The molecule has 49 heavy (non-hydrogen) atoms. The van der Waals surface area contributed by atoms with Crippen molar-refractivity contribution in [2.45, 2.75) is 5.41 Å². The molecule has 7 aromatic carbocycles. The number of nitrogens with zero attached hydrogens (tertiary/aromatic N) is 2. The van der Waals surface area contributed by atoms with Gasteiger partial charge in [0.25, 0.3) is 0 Å². The van der Waals surface area contributed by atoms with Crippen LogP contribution in [0.3, 0.4) is 0 Å². The summed E-state index contributed by atoms with van der Waals surface area (Å²) in [6.45, 7) is 0. The van der Waals surface area contributed by atoms with Crippen LogP contribution >= 0.6 is 0 Å². The maximum absolute atomic E-state index is 5.08. The molecule has 2 aliphatic carbocycles. The lowest BCUT2D eigenvalue weighted by Crippen LogP contribution is -2.31. The van der Waals surface area contributed by atoms with E-state index in [4.69, 9.17) is 4.98 Å². The Morgan fingerprint density at radius 3 is 1.78 bits per heavy atom. The lowest BCUT2D eigenvalue weighted by Gasteiger charge is -2.40. The van der Waals surface area contributed by atoms with Gasteiger partial charge >= 0.3 is 0 Å². The minimum Gasteiger partial charge on any atom is -0.254 e. The summed E-state index contributed by atoms with van der Waals surface area (Å²) in [7, 11) is 0. The van der Waals surface area contributed by atoms with E-state index in [1.165, 1.54) is 66.4 Å². The van der Waals surface area contributed by atoms with E-state index in [1.54, 1.807) is 0 Å². The third kappa shape index (κ3) is 3.55. The third-order valence-corrected chi connectivity index (χ3v) is 10.9. The van der Waals surface area contributed by atoms with E-state index in [1.807, 2.05) is 12.3 Å². The molecular formula is C47H28N2. The highest BCUT2D eigenvalue weighted by molar-refractivity contribution is 6.07. The van der Waals surface area contributed by atoms with Gasteiger partial charge in [0.05, 0.1) is 22.1 Å². The van der Waals surface area contributed by atoms with Crippen LogP contribution in [0.1, 0.15) is 22.3 Å². The molecule has 0 aliphatic heterocycles. The maximum atomic E-state index is 5.08. The van der Waals surface area contributed by atoms with Crippen molar-refractivity contribution in [2.75, 3.05) is 0 Å². The fourth-order valence-corrected chi connectivity index (χ4v) is 8.83. The molecular weight excluding hydrogens is 593 g/mol. The average Bonchev–Trinajstić information content (AvgIpc) is 3.47. The fourth-order valence-electron chi connectivity index (χ4n) is 8.83. The number of benzene rings is 7. The van der Waals surface area contributed by atoms with E-state index >= 15 is 0 Å². The van der Waals surface area contributed by atoms with Crippen LogP contribution in [-0.4, -0.2) is 9.97 Å². The first-order valence-corrected chi connectivity index (χ1v) is 16.9. The Kier molecular flexibility index (Phi) is 5.34. The molecule has 2 heteroatoms. The zero-order chi connectivity index (χ0) is 32.1. The first kappa shape index (κ1) is 26.7. The molecule has 0 saturated carbocycles. The van der Waals surface area contributed by atoms with Crippen molar-refractivity contribution in [1.29, 1.82) is 0 Å². The maximum Gasteiger partial charge on any atom is 0.0972 e. The quantitative estimate of drug-likeness (QED) is 0.180. The monoisotopic (exact) mass is 620 g/mol. The van der Waals surface area contributed by atoms with Gasteiger partial charge in [0.1, 0.15) is 0 Å². The molecule has 1 atom stereocenters. The third-order valence-electron chi connectivity index (χ3n) is 10.9. The Morgan fingerprint density at radius 2 is 0.959 bits per heavy atom. The second-order valence-corrected chi connectivity index (χ2v) is 13.3. The van der Waals surface area contributed by atoms with Crippen molar-refractivity contribution in [2.24, 2.45) is 0 Å². The fraction of sp³-hybridized carbons (Fsp3) is 0.0213. The zero-order valence-electron chi connectivity index (χ0n) is 26.6. The Labute approximate surface area is 284 Å². The summed E-state index contributed by atoms with van der Waals surface area (Å²) < 4.78 is 0. The summed E-state index contributed by atoms with van der Waals surface area (Å²) in [6, 6.07) is 60.2. The number of pyridine rings is 2. The van der Waals surface area contributed by atoms with Gasteiger partial charge in [-0.15, -0.1) is 0 Å². The van der Waals surface area contributed by atoms with Gasteiger partial charge in [0.2, 0.25) is 0 Å². The largest absolute Gasteiger partial charge is 0.254 e.